The third-order valence-electron chi connectivity index (χ3n) is 3.79. The molecule has 1 aromatic carbocycles. The highest BCUT2D eigenvalue weighted by Gasteiger charge is 2.09. The standard InChI is InChI=1S/C16H25N.ClH/c1-2-7-11-16(12-8-3-1)17-14-13-15-9-5-4-6-10-15;/h4-6,9-10,16-17H,1-3,7-8,11-14H2;1H. The Kier molecular flexibility index (Phi) is 8.11. The summed E-state index contributed by atoms with van der Waals surface area (Å²) in [5.74, 6) is 0. The number of nitrogens with one attached hydrogen (secondary N) is 1. The first-order chi connectivity index (χ1) is 8.45. The van der Waals surface area contributed by atoms with Crippen molar-refractivity contribution in [2.75, 3.05) is 6.54 Å². The monoisotopic (exact) mass is 267 g/mol. The summed E-state index contributed by atoms with van der Waals surface area (Å²) in [6.45, 7) is 1.13. The lowest BCUT2D eigenvalue weighted by molar-refractivity contribution is 0.392. The highest BCUT2D eigenvalue weighted by atomic mass is 35.5. The molecule has 2 heteroatoms. The quantitative estimate of drug-likeness (QED) is 0.855. The average molecular weight is 268 g/mol. The Morgan fingerprint density at radius 2 is 1.50 bits per heavy atom. The molecule has 0 atom stereocenters. The zero-order valence-electron chi connectivity index (χ0n) is 11.2. The summed E-state index contributed by atoms with van der Waals surface area (Å²) in [4.78, 5) is 0. The Labute approximate surface area is 118 Å². The summed E-state index contributed by atoms with van der Waals surface area (Å²) < 4.78 is 0. The summed E-state index contributed by atoms with van der Waals surface area (Å²) in [7, 11) is 0. The maximum atomic E-state index is 3.74. The van der Waals surface area contributed by atoms with Crippen LogP contribution in [0.4, 0.5) is 0 Å². The van der Waals surface area contributed by atoms with E-state index in [1.807, 2.05) is 0 Å². The second kappa shape index (κ2) is 9.41. The molecule has 1 aliphatic rings. The van der Waals surface area contributed by atoms with Gasteiger partial charge in [-0.15, -0.1) is 12.4 Å². The first-order valence-corrected chi connectivity index (χ1v) is 7.22. The van der Waals surface area contributed by atoms with Gasteiger partial charge in [0, 0.05) is 6.04 Å². The van der Waals surface area contributed by atoms with Crippen LogP contribution >= 0.6 is 12.4 Å². The second-order valence-corrected chi connectivity index (χ2v) is 5.23. The van der Waals surface area contributed by atoms with E-state index < -0.39 is 0 Å². The van der Waals surface area contributed by atoms with Crippen molar-refractivity contribution < 1.29 is 0 Å². The van der Waals surface area contributed by atoms with Crippen LogP contribution in [-0.4, -0.2) is 12.6 Å². The van der Waals surface area contributed by atoms with Gasteiger partial charge < -0.3 is 5.32 Å². The molecule has 1 saturated carbocycles. The molecular formula is C16H26ClN. The third-order valence-corrected chi connectivity index (χ3v) is 3.79. The van der Waals surface area contributed by atoms with Gasteiger partial charge in [0.05, 0.1) is 0 Å². The van der Waals surface area contributed by atoms with Crippen LogP contribution in [-0.2, 0) is 6.42 Å². The maximum absolute atomic E-state index is 3.74. The number of rotatable bonds is 4. The number of hydrogen-bond acceptors (Lipinski definition) is 1. The molecule has 1 aliphatic carbocycles. The van der Waals surface area contributed by atoms with Gasteiger partial charge in [0.15, 0.2) is 0 Å². The van der Waals surface area contributed by atoms with Gasteiger partial charge in [-0.25, -0.2) is 0 Å². The third kappa shape index (κ3) is 5.88. The van der Waals surface area contributed by atoms with Crippen LogP contribution in [0, 0.1) is 0 Å². The van der Waals surface area contributed by atoms with Gasteiger partial charge in [0.1, 0.15) is 0 Å². The van der Waals surface area contributed by atoms with Crippen LogP contribution in [0.2, 0.25) is 0 Å². The first-order valence-electron chi connectivity index (χ1n) is 7.22. The lowest BCUT2D eigenvalue weighted by Gasteiger charge is -2.21. The molecule has 2 rings (SSSR count). The molecule has 0 heterocycles. The number of hydrogen-bond donors (Lipinski definition) is 1. The van der Waals surface area contributed by atoms with Crippen molar-refractivity contribution >= 4 is 12.4 Å². The molecular weight excluding hydrogens is 242 g/mol. The smallest absolute Gasteiger partial charge is 0.00671 e. The first kappa shape index (κ1) is 15.5. The minimum Gasteiger partial charge on any atom is -0.314 e. The molecule has 0 bridgehead atoms. The van der Waals surface area contributed by atoms with Crippen molar-refractivity contribution in [2.45, 2.75) is 57.4 Å². The topological polar surface area (TPSA) is 12.0 Å². The highest BCUT2D eigenvalue weighted by Crippen LogP contribution is 2.17. The molecule has 0 unspecified atom stereocenters. The van der Waals surface area contributed by atoms with E-state index in [0.29, 0.717) is 0 Å². The molecule has 0 aromatic heterocycles. The summed E-state index contributed by atoms with van der Waals surface area (Å²) in [6, 6.07) is 11.6. The van der Waals surface area contributed by atoms with E-state index in [9.17, 15) is 0 Å². The summed E-state index contributed by atoms with van der Waals surface area (Å²) in [5, 5.41) is 3.74. The van der Waals surface area contributed by atoms with Crippen LogP contribution in [0.15, 0.2) is 30.3 Å². The van der Waals surface area contributed by atoms with E-state index in [4.69, 9.17) is 0 Å². The number of benzene rings is 1. The normalized spacial score (nSPS) is 17.6. The Morgan fingerprint density at radius 3 is 2.17 bits per heavy atom. The van der Waals surface area contributed by atoms with Gasteiger partial charge in [0.25, 0.3) is 0 Å². The fourth-order valence-electron chi connectivity index (χ4n) is 2.73. The molecule has 0 spiro atoms. The molecule has 102 valence electrons. The van der Waals surface area contributed by atoms with E-state index in [-0.39, 0.29) is 12.4 Å². The van der Waals surface area contributed by atoms with E-state index in [1.165, 1.54) is 50.5 Å². The lowest BCUT2D eigenvalue weighted by Crippen LogP contribution is -2.31. The predicted molar refractivity (Wildman–Crippen MR) is 81.5 cm³/mol. The van der Waals surface area contributed by atoms with Crippen LogP contribution in [0.25, 0.3) is 0 Å². The highest BCUT2D eigenvalue weighted by molar-refractivity contribution is 5.85. The van der Waals surface area contributed by atoms with Crippen molar-refractivity contribution in [1.29, 1.82) is 0 Å². The molecule has 1 aromatic rings. The molecule has 18 heavy (non-hydrogen) atoms. The summed E-state index contributed by atoms with van der Waals surface area (Å²) in [6.07, 6.45) is 11.1. The van der Waals surface area contributed by atoms with Crippen molar-refractivity contribution in [3.05, 3.63) is 35.9 Å². The van der Waals surface area contributed by atoms with Crippen LogP contribution in [0.3, 0.4) is 0 Å². The van der Waals surface area contributed by atoms with Gasteiger partial charge in [-0.05, 0) is 31.4 Å². The average Bonchev–Trinajstić information content (AvgIpc) is 2.33. The molecule has 0 saturated heterocycles. The van der Waals surface area contributed by atoms with Crippen LogP contribution in [0.5, 0.6) is 0 Å². The van der Waals surface area contributed by atoms with Gasteiger partial charge in [-0.1, -0.05) is 62.4 Å². The van der Waals surface area contributed by atoms with Crippen molar-refractivity contribution in [2.24, 2.45) is 0 Å². The zero-order chi connectivity index (χ0) is 11.8. The Bertz CT molecular complexity index is 291. The molecule has 0 aliphatic heterocycles. The van der Waals surface area contributed by atoms with Crippen molar-refractivity contribution in [1.82, 2.24) is 5.32 Å². The molecule has 1 N–H and O–H groups in total. The Hall–Kier alpha value is -0.530. The molecule has 1 nitrogen and oxygen atoms in total. The van der Waals surface area contributed by atoms with Gasteiger partial charge >= 0.3 is 0 Å². The van der Waals surface area contributed by atoms with Crippen LogP contribution < -0.4 is 5.32 Å². The van der Waals surface area contributed by atoms with Gasteiger partial charge in [-0.2, -0.15) is 0 Å². The minimum atomic E-state index is 0. The largest absolute Gasteiger partial charge is 0.314 e. The van der Waals surface area contributed by atoms with Gasteiger partial charge in [0.2, 0.25) is 0 Å². The van der Waals surface area contributed by atoms with Crippen molar-refractivity contribution in [3.8, 4) is 0 Å². The Morgan fingerprint density at radius 1 is 0.889 bits per heavy atom. The van der Waals surface area contributed by atoms with Crippen molar-refractivity contribution in [3.63, 3.8) is 0 Å². The SMILES string of the molecule is Cl.c1ccc(CCNC2CCCCCCC2)cc1. The Balaban J connectivity index is 0.00000162. The number of halogens is 1. The molecule has 0 radical (unpaired) electrons. The van der Waals surface area contributed by atoms with E-state index in [2.05, 4.69) is 35.6 Å². The van der Waals surface area contributed by atoms with E-state index >= 15 is 0 Å². The van der Waals surface area contributed by atoms with Crippen LogP contribution in [0.1, 0.15) is 50.5 Å². The predicted octanol–water partition coefficient (Wildman–Crippen LogP) is 4.35. The molecule has 1 fully saturated rings. The second-order valence-electron chi connectivity index (χ2n) is 5.23. The fraction of sp³-hybridized carbons (Fsp3) is 0.625. The van der Waals surface area contributed by atoms with Gasteiger partial charge in [-0.3, -0.25) is 0 Å². The molecule has 0 amide bonds. The maximum Gasteiger partial charge on any atom is 0.00671 e. The summed E-state index contributed by atoms with van der Waals surface area (Å²) >= 11 is 0. The lowest BCUT2D eigenvalue weighted by atomic mass is 9.96. The zero-order valence-corrected chi connectivity index (χ0v) is 12.1. The van der Waals surface area contributed by atoms with E-state index in [1.54, 1.807) is 0 Å². The van der Waals surface area contributed by atoms with E-state index in [0.717, 1.165) is 19.0 Å². The minimum absolute atomic E-state index is 0. The fourth-order valence-corrected chi connectivity index (χ4v) is 2.73. The summed E-state index contributed by atoms with van der Waals surface area (Å²) in [5.41, 5.74) is 1.45.